The Balaban J connectivity index is 2.41. The fourth-order valence-electron chi connectivity index (χ4n) is 1.86. The first-order chi connectivity index (χ1) is 8.25. The number of amides is 1. The van der Waals surface area contributed by atoms with Gasteiger partial charge in [-0.2, -0.15) is 0 Å². The minimum absolute atomic E-state index is 0.0699. The molecular weight excluding hydrogens is 234 g/mol. The van der Waals surface area contributed by atoms with Gasteiger partial charge in [0.2, 0.25) is 0 Å². The predicted molar refractivity (Wildman–Crippen MR) is 67.8 cm³/mol. The quantitative estimate of drug-likeness (QED) is 0.514. The monoisotopic (exact) mass is 257 g/mol. The molecule has 0 saturated heterocycles. The first kappa shape index (κ1) is 15.0. The molecule has 3 N–H and O–H groups in total. The van der Waals surface area contributed by atoms with Crippen molar-refractivity contribution in [1.29, 1.82) is 0 Å². The number of hydrogen-bond donors (Lipinski definition) is 3. The van der Waals surface area contributed by atoms with Crippen LogP contribution >= 0.6 is 0 Å². The van der Waals surface area contributed by atoms with E-state index in [0.717, 1.165) is 12.8 Å². The molecule has 1 fully saturated rings. The molecule has 1 rings (SSSR count). The molecule has 104 valence electrons. The standard InChI is InChI=1S/C13H23NO4/c1-5-6-8-7-9(8)18-12(17)14-10(11(15)16)13(2,3)4/h5,8-11,15-16H,1,6-7H2,2-4H3,(H,14,17)/t8-,9-,10-/m1/s1. The van der Waals surface area contributed by atoms with Crippen molar-refractivity contribution >= 4 is 6.09 Å². The summed E-state index contributed by atoms with van der Waals surface area (Å²) >= 11 is 0. The van der Waals surface area contributed by atoms with Crippen LogP contribution in [0.4, 0.5) is 4.79 Å². The molecule has 0 aliphatic heterocycles. The molecule has 0 bridgehead atoms. The van der Waals surface area contributed by atoms with Gasteiger partial charge in [0, 0.05) is 5.92 Å². The van der Waals surface area contributed by atoms with E-state index in [1.807, 2.05) is 20.8 Å². The van der Waals surface area contributed by atoms with Crippen LogP contribution in [-0.2, 0) is 4.74 Å². The second-order valence-electron chi connectivity index (χ2n) is 5.87. The highest BCUT2D eigenvalue weighted by atomic mass is 16.6. The van der Waals surface area contributed by atoms with Crippen LogP contribution in [-0.4, -0.2) is 34.7 Å². The number of allylic oxidation sites excluding steroid dienone is 1. The Morgan fingerprint density at radius 3 is 2.61 bits per heavy atom. The number of rotatable bonds is 5. The van der Waals surface area contributed by atoms with Gasteiger partial charge in [0.25, 0.3) is 0 Å². The maximum absolute atomic E-state index is 11.6. The summed E-state index contributed by atoms with van der Waals surface area (Å²) in [6, 6.07) is -0.762. The van der Waals surface area contributed by atoms with Crippen LogP contribution in [0.15, 0.2) is 12.7 Å². The van der Waals surface area contributed by atoms with Crippen molar-refractivity contribution in [3.8, 4) is 0 Å². The van der Waals surface area contributed by atoms with Crippen molar-refractivity contribution in [1.82, 2.24) is 5.32 Å². The van der Waals surface area contributed by atoms with E-state index >= 15 is 0 Å². The maximum atomic E-state index is 11.6. The van der Waals surface area contributed by atoms with Crippen LogP contribution < -0.4 is 5.32 Å². The van der Waals surface area contributed by atoms with Crippen molar-refractivity contribution < 1.29 is 19.7 Å². The van der Waals surface area contributed by atoms with E-state index in [1.165, 1.54) is 0 Å². The lowest BCUT2D eigenvalue weighted by Crippen LogP contribution is -2.51. The summed E-state index contributed by atoms with van der Waals surface area (Å²) in [5.74, 6) is 0.361. The summed E-state index contributed by atoms with van der Waals surface area (Å²) in [4.78, 5) is 11.6. The Hall–Kier alpha value is -1.07. The van der Waals surface area contributed by atoms with Crippen molar-refractivity contribution in [3.63, 3.8) is 0 Å². The van der Waals surface area contributed by atoms with Gasteiger partial charge in [-0.3, -0.25) is 0 Å². The van der Waals surface area contributed by atoms with Crippen LogP contribution in [0, 0.1) is 11.3 Å². The van der Waals surface area contributed by atoms with E-state index in [1.54, 1.807) is 6.08 Å². The molecule has 0 radical (unpaired) electrons. The molecule has 18 heavy (non-hydrogen) atoms. The van der Waals surface area contributed by atoms with E-state index < -0.39 is 23.8 Å². The van der Waals surface area contributed by atoms with Crippen LogP contribution in [0.1, 0.15) is 33.6 Å². The highest BCUT2D eigenvalue weighted by molar-refractivity contribution is 5.68. The largest absolute Gasteiger partial charge is 0.446 e. The number of alkyl carbamates (subject to hydrolysis) is 1. The fraction of sp³-hybridized carbons (Fsp3) is 0.769. The highest BCUT2D eigenvalue weighted by Crippen LogP contribution is 2.37. The van der Waals surface area contributed by atoms with Gasteiger partial charge < -0.3 is 20.3 Å². The molecular formula is C13H23NO4. The Labute approximate surface area is 108 Å². The minimum Gasteiger partial charge on any atom is -0.446 e. The van der Waals surface area contributed by atoms with Gasteiger partial charge >= 0.3 is 6.09 Å². The molecule has 0 aromatic rings. The zero-order chi connectivity index (χ0) is 13.9. The molecule has 0 spiro atoms. The average molecular weight is 257 g/mol. The van der Waals surface area contributed by atoms with Crippen LogP contribution in [0.2, 0.25) is 0 Å². The Morgan fingerprint density at radius 2 is 2.17 bits per heavy atom. The molecule has 1 aliphatic carbocycles. The first-order valence-electron chi connectivity index (χ1n) is 6.20. The van der Waals surface area contributed by atoms with Gasteiger partial charge in [-0.05, 0) is 18.3 Å². The van der Waals surface area contributed by atoms with Gasteiger partial charge in [-0.25, -0.2) is 4.79 Å². The molecule has 3 atom stereocenters. The zero-order valence-electron chi connectivity index (χ0n) is 11.2. The summed E-state index contributed by atoms with van der Waals surface area (Å²) in [6.45, 7) is 9.08. The zero-order valence-corrected chi connectivity index (χ0v) is 11.2. The highest BCUT2D eigenvalue weighted by Gasteiger charge is 2.40. The number of carbonyl (C=O) groups excluding carboxylic acids is 1. The minimum atomic E-state index is -1.61. The number of nitrogens with one attached hydrogen (secondary N) is 1. The van der Waals surface area contributed by atoms with Gasteiger partial charge in [-0.1, -0.05) is 26.8 Å². The summed E-state index contributed by atoms with van der Waals surface area (Å²) < 4.78 is 5.18. The number of ether oxygens (including phenoxy) is 1. The summed E-state index contributed by atoms with van der Waals surface area (Å²) in [5.41, 5.74) is -0.461. The third kappa shape index (κ3) is 4.31. The smallest absolute Gasteiger partial charge is 0.407 e. The van der Waals surface area contributed by atoms with Crippen LogP contribution in [0.3, 0.4) is 0 Å². The third-order valence-corrected chi connectivity index (χ3v) is 3.09. The normalized spacial score (nSPS) is 24.6. The van der Waals surface area contributed by atoms with Gasteiger partial charge in [0.15, 0.2) is 6.29 Å². The van der Waals surface area contributed by atoms with E-state index in [-0.39, 0.29) is 6.10 Å². The molecule has 0 aromatic heterocycles. The maximum Gasteiger partial charge on any atom is 0.407 e. The number of carbonyl (C=O) groups is 1. The topological polar surface area (TPSA) is 78.8 Å². The van der Waals surface area contributed by atoms with Crippen molar-refractivity contribution in [2.75, 3.05) is 0 Å². The molecule has 5 nitrogen and oxygen atoms in total. The first-order valence-corrected chi connectivity index (χ1v) is 6.20. The molecule has 1 aliphatic rings. The van der Waals surface area contributed by atoms with Crippen molar-refractivity contribution in [3.05, 3.63) is 12.7 Å². The molecule has 5 heteroatoms. The fourth-order valence-corrected chi connectivity index (χ4v) is 1.86. The summed E-state index contributed by atoms with van der Waals surface area (Å²) in [5, 5.41) is 21.0. The lowest BCUT2D eigenvalue weighted by molar-refractivity contribution is -0.0909. The summed E-state index contributed by atoms with van der Waals surface area (Å²) in [7, 11) is 0. The Morgan fingerprint density at radius 1 is 1.56 bits per heavy atom. The average Bonchev–Trinajstić information content (AvgIpc) is 2.91. The second kappa shape index (κ2) is 5.71. The lowest BCUT2D eigenvalue weighted by atomic mass is 9.86. The van der Waals surface area contributed by atoms with E-state index in [9.17, 15) is 15.0 Å². The van der Waals surface area contributed by atoms with Crippen molar-refractivity contribution in [2.24, 2.45) is 11.3 Å². The molecule has 1 amide bonds. The molecule has 0 unspecified atom stereocenters. The Kier molecular flexibility index (Phi) is 4.76. The Bertz CT molecular complexity index is 309. The molecule has 1 saturated carbocycles. The number of aliphatic hydroxyl groups is 2. The predicted octanol–water partition coefficient (Wildman–Crippen LogP) is 1.40. The molecule has 0 aromatic carbocycles. The molecule has 0 heterocycles. The van der Waals surface area contributed by atoms with Crippen molar-refractivity contribution in [2.45, 2.75) is 52.0 Å². The van der Waals surface area contributed by atoms with E-state index in [0.29, 0.717) is 5.92 Å². The van der Waals surface area contributed by atoms with Gasteiger partial charge in [0.05, 0.1) is 6.04 Å². The SMILES string of the molecule is C=CC[C@@H]1C[C@H]1OC(=O)N[C@H](C(O)O)C(C)(C)C. The third-order valence-electron chi connectivity index (χ3n) is 3.09. The van der Waals surface area contributed by atoms with E-state index in [2.05, 4.69) is 11.9 Å². The van der Waals surface area contributed by atoms with Crippen LogP contribution in [0.25, 0.3) is 0 Å². The number of hydrogen-bond acceptors (Lipinski definition) is 4. The van der Waals surface area contributed by atoms with Crippen LogP contribution in [0.5, 0.6) is 0 Å². The van der Waals surface area contributed by atoms with Gasteiger partial charge in [0.1, 0.15) is 6.10 Å². The second-order valence-corrected chi connectivity index (χ2v) is 5.87. The number of aliphatic hydroxyl groups excluding tert-OH is 1. The summed E-state index contributed by atoms with van der Waals surface area (Å²) in [6.07, 6.45) is 1.21. The van der Waals surface area contributed by atoms with E-state index in [4.69, 9.17) is 4.74 Å². The van der Waals surface area contributed by atoms with Gasteiger partial charge in [-0.15, -0.1) is 6.58 Å². The lowest BCUT2D eigenvalue weighted by Gasteiger charge is -2.32.